The molecule has 0 saturated carbocycles. The molecule has 4 amide bonds. The van der Waals surface area contributed by atoms with Crippen molar-refractivity contribution in [2.75, 3.05) is 32.6 Å². The third-order valence-electron chi connectivity index (χ3n) is 13.8. The molecular weight excluding hydrogens is 961 g/mol. The molecule has 0 radical (unpaired) electrons. The van der Waals surface area contributed by atoms with Crippen LogP contribution in [0.3, 0.4) is 0 Å². The summed E-state index contributed by atoms with van der Waals surface area (Å²) in [5.74, 6) is -0.275. The van der Waals surface area contributed by atoms with Crippen LogP contribution in [0.2, 0.25) is 0 Å². The molecule has 2 fully saturated rings. The summed E-state index contributed by atoms with van der Waals surface area (Å²) in [7, 11) is 2.52. The average Bonchev–Trinajstić information content (AvgIpc) is 4.25. The standard InChI is InChI=1S/C52H55F2N11O7S/c1-26(2)43(61-51(68)70-5)47(66)63-17-7-9-37(63)45-55-23-34(59-45)28-11-16-36-30(19-28)21-39-42-33(54)20-29(22-40(42)72-49(65(36)39)41-25-57-50(73-41)58-32-14-12-31(53)13-15-32)35-24-56-46(60-35)38-10-8-18-64(38)48(67)44(27(3)4)62-52(69)71-6/h11-16,19-27,37-38,43-44,49H,7-10,17-18H2,1-6H3,(H,55,59)(H,56,60)(H,57,58)(H,61,68)(H,62,69)/t37-,38-,43-,44-,49?/m0/s1. The summed E-state index contributed by atoms with van der Waals surface area (Å²) in [4.78, 5) is 77.1. The molecule has 0 aliphatic carbocycles. The lowest BCUT2D eigenvalue weighted by Crippen LogP contribution is -2.51. The Morgan fingerprint density at radius 1 is 0.740 bits per heavy atom. The molecule has 2 saturated heterocycles. The van der Waals surface area contributed by atoms with E-state index in [1.165, 1.54) is 43.8 Å². The van der Waals surface area contributed by atoms with Crippen LogP contribution in [0, 0.1) is 23.5 Å². The van der Waals surface area contributed by atoms with E-state index in [-0.39, 0.29) is 46.8 Å². The zero-order chi connectivity index (χ0) is 51.2. The number of methoxy groups -OCH3 is 2. The van der Waals surface area contributed by atoms with Crippen molar-refractivity contribution in [3.63, 3.8) is 0 Å². The molecule has 4 aromatic heterocycles. The van der Waals surface area contributed by atoms with Crippen LogP contribution in [0.4, 0.5) is 29.2 Å². The summed E-state index contributed by atoms with van der Waals surface area (Å²) in [5.41, 5.74) is 4.77. The molecule has 5 atom stereocenters. The number of carbonyl (C=O) groups is 4. The largest absolute Gasteiger partial charge is 0.464 e. The number of carbonyl (C=O) groups excluding carboxylic acids is 4. The van der Waals surface area contributed by atoms with Crippen molar-refractivity contribution in [1.29, 1.82) is 0 Å². The third-order valence-corrected chi connectivity index (χ3v) is 14.7. The molecule has 7 aromatic rings. The van der Waals surface area contributed by atoms with Gasteiger partial charge in [0.25, 0.3) is 0 Å². The highest BCUT2D eigenvalue weighted by atomic mass is 32.1. The van der Waals surface area contributed by atoms with E-state index < -0.39 is 42.4 Å². The van der Waals surface area contributed by atoms with Gasteiger partial charge in [0.05, 0.1) is 71.7 Å². The molecule has 1 unspecified atom stereocenters. The summed E-state index contributed by atoms with van der Waals surface area (Å²) in [6.07, 6.45) is 5.74. The van der Waals surface area contributed by atoms with E-state index in [4.69, 9.17) is 19.2 Å². The number of likely N-dealkylation sites (tertiary alicyclic amines) is 2. The van der Waals surface area contributed by atoms with Gasteiger partial charge in [0.2, 0.25) is 18.0 Å². The maximum atomic E-state index is 17.0. The molecule has 73 heavy (non-hydrogen) atoms. The summed E-state index contributed by atoms with van der Waals surface area (Å²) in [5, 5.41) is 9.95. The van der Waals surface area contributed by atoms with Crippen molar-refractivity contribution < 1.29 is 42.2 Å². The number of hydrogen-bond donors (Lipinski definition) is 5. The highest BCUT2D eigenvalue weighted by Crippen LogP contribution is 2.49. The number of H-pyrrole nitrogens is 2. The number of thiazole rings is 1. The molecule has 5 N–H and O–H groups in total. The van der Waals surface area contributed by atoms with E-state index in [9.17, 15) is 23.6 Å². The first kappa shape index (κ1) is 48.8. The van der Waals surface area contributed by atoms with E-state index in [1.54, 1.807) is 46.6 Å². The molecule has 3 aromatic carbocycles. The second kappa shape index (κ2) is 20.0. The zero-order valence-electron chi connectivity index (χ0n) is 41.0. The number of nitrogens with zero attached hydrogens (tertiary/aromatic N) is 6. The minimum absolute atomic E-state index is 0.176. The maximum Gasteiger partial charge on any atom is 0.407 e. The van der Waals surface area contributed by atoms with Gasteiger partial charge in [-0.25, -0.2) is 33.3 Å². The summed E-state index contributed by atoms with van der Waals surface area (Å²) >= 11 is 1.34. The lowest BCUT2D eigenvalue weighted by Gasteiger charge is -2.30. The summed E-state index contributed by atoms with van der Waals surface area (Å²) < 4.78 is 49.2. The van der Waals surface area contributed by atoms with Crippen molar-refractivity contribution >= 4 is 57.1 Å². The number of aromatic nitrogens is 6. The Hall–Kier alpha value is -7.81. The van der Waals surface area contributed by atoms with E-state index in [2.05, 4.69) is 35.9 Å². The van der Waals surface area contributed by atoms with Crippen LogP contribution in [0.25, 0.3) is 44.7 Å². The van der Waals surface area contributed by atoms with Gasteiger partial charge in [0, 0.05) is 41.5 Å². The van der Waals surface area contributed by atoms with Gasteiger partial charge in [-0.3, -0.25) is 14.2 Å². The number of rotatable bonds is 13. The van der Waals surface area contributed by atoms with Crippen molar-refractivity contribution in [3.8, 4) is 39.5 Å². The van der Waals surface area contributed by atoms with Crippen LogP contribution in [0.5, 0.6) is 5.75 Å². The Labute approximate surface area is 422 Å². The monoisotopic (exact) mass is 1020 g/mol. The molecule has 21 heteroatoms. The van der Waals surface area contributed by atoms with Crippen LogP contribution in [-0.4, -0.2) is 103 Å². The zero-order valence-corrected chi connectivity index (χ0v) is 41.8. The number of nitrogens with one attached hydrogen (secondary N) is 5. The molecule has 0 bridgehead atoms. The normalized spacial score (nSPS) is 18.1. The Morgan fingerprint density at radius 3 is 1.90 bits per heavy atom. The Morgan fingerprint density at radius 2 is 1.33 bits per heavy atom. The fraction of sp³-hybridized carbons (Fsp3) is 0.365. The SMILES string of the molecule is COC(=O)N[C@H](C(=O)N1CCC[C@H]1c1ncc(-c2cc(F)c3c(c2)OC(c2cnc(Nc4ccc(F)cc4)s2)n2c-3cc3cc(-c4cnc([C@@H]5CCCN5C(=O)[C@@H](NC(=O)OC)C(C)C)[nH]4)ccc32)[nH]1)C(C)C. The van der Waals surface area contributed by atoms with Crippen LogP contribution in [0.15, 0.2) is 79.3 Å². The van der Waals surface area contributed by atoms with Gasteiger partial charge < -0.3 is 49.9 Å². The molecule has 0 spiro atoms. The molecule has 3 aliphatic rings. The fourth-order valence-electron chi connectivity index (χ4n) is 10.1. The first-order chi connectivity index (χ1) is 35.2. The predicted octanol–water partition coefficient (Wildman–Crippen LogP) is 9.59. The van der Waals surface area contributed by atoms with E-state index >= 15 is 4.39 Å². The van der Waals surface area contributed by atoms with E-state index in [1.807, 2.05) is 56.5 Å². The number of alkyl carbamates (subject to hydrolysis) is 2. The predicted molar refractivity (Wildman–Crippen MR) is 269 cm³/mol. The number of benzene rings is 3. The lowest BCUT2D eigenvalue weighted by atomic mass is 10.0. The second-order valence-electron chi connectivity index (χ2n) is 19.1. The van der Waals surface area contributed by atoms with Crippen molar-refractivity contribution in [1.82, 2.24) is 49.9 Å². The smallest absolute Gasteiger partial charge is 0.407 e. The van der Waals surface area contributed by atoms with Gasteiger partial charge in [-0.2, -0.15) is 0 Å². The number of imidazole rings is 2. The molecule has 10 rings (SSSR count). The number of aromatic amines is 2. The van der Waals surface area contributed by atoms with E-state index in [0.29, 0.717) is 70.2 Å². The van der Waals surface area contributed by atoms with Gasteiger partial charge in [-0.05, 0) is 92.1 Å². The highest BCUT2D eigenvalue weighted by molar-refractivity contribution is 7.15. The number of hydrogen-bond acceptors (Lipinski definition) is 12. The number of anilines is 2. The molecule has 380 valence electrons. The Bertz CT molecular complexity index is 3220. The molecule has 18 nitrogen and oxygen atoms in total. The van der Waals surface area contributed by atoms with Gasteiger partial charge in [-0.15, -0.1) is 0 Å². The summed E-state index contributed by atoms with van der Waals surface area (Å²) in [6.45, 7) is 8.45. The number of fused-ring (bicyclic) bond motifs is 5. The van der Waals surface area contributed by atoms with Gasteiger partial charge >= 0.3 is 12.2 Å². The van der Waals surface area contributed by atoms with Gasteiger partial charge in [0.15, 0.2) is 5.13 Å². The quantitative estimate of drug-likeness (QED) is 0.0733. The van der Waals surface area contributed by atoms with Crippen LogP contribution < -0.4 is 20.7 Å². The highest BCUT2D eigenvalue weighted by Gasteiger charge is 2.40. The van der Waals surface area contributed by atoms with E-state index in [0.717, 1.165) is 35.0 Å². The number of ether oxygens (including phenoxy) is 3. The Kier molecular flexibility index (Phi) is 13.4. The van der Waals surface area contributed by atoms with Crippen LogP contribution in [-0.2, 0) is 19.1 Å². The maximum absolute atomic E-state index is 17.0. The molecular formula is C52H55F2N11O7S. The van der Waals surface area contributed by atoms with Crippen LogP contribution in [0.1, 0.15) is 88.2 Å². The minimum Gasteiger partial charge on any atom is -0.464 e. The van der Waals surface area contributed by atoms with Crippen molar-refractivity contribution in [3.05, 3.63) is 107 Å². The van der Waals surface area contributed by atoms with Gasteiger partial charge in [0.1, 0.15) is 41.1 Å². The first-order valence-electron chi connectivity index (χ1n) is 24.2. The van der Waals surface area contributed by atoms with Crippen molar-refractivity contribution in [2.24, 2.45) is 11.8 Å². The lowest BCUT2D eigenvalue weighted by molar-refractivity contribution is -0.136. The third kappa shape index (κ3) is 9.44. The van der Waals surface area contributed by atoms with Crippen LogP contribution >= 0.6 is 11.3 Å². The second-order valence-corrected chi connectivity index (χ2v) is 20.2. The topological polar surface area (TPSA) is 214 Å². The van der Waals surface area contributed by atoms with Gasteiger partial charge in [-0.1, -0.05) is 45.1 Å². The Balaban J connectivity index is 0.981. The molecule has 3 aliphatic heterocycles. The summed E-state index contributed by atoms with van der Waals surface area (Å²) in [6, 6.07) is 14.7. The fourth-order valence-corrected chi connectivity index (χ4v) is 10.9. The van der Waals surface area contributed by atoms with Crippen molar-refractivity contribution in [2.45, 2.75) is 83.8 Å². The number of amides is 4. The number of halogens is 2. The molecule has 7 heterocycles. The first-order valence-corrected chi connectivity index (χ1v) is 25.1. The average molecular weight is 1020 g/mol. The minimum atomic E-state index is -0.800.